The largest absolute Gasteiger partial charge is 0.507 e. The summed E-state index contributed by atoms with van der Waals surface area (Å²) in [6.07, 6.45) is 3.77. The Morgan fingerprint density at radius 3 is 2.76 bits per heavy atom. The van der Waals surface area contributed by atoms with Gasteiger partial charge in [-0.1, -0.05) is 12.5 Å². The van der Waals surface area contributed by atoms with Crippen LogP contribution in [0.25, 0.3) is 22.5 Å². The molecule has 0 aliphatic carbocycles. The van der Waals surface area contributed by atoms with E-state index < -0.39 is 12.3 Å². The standard InChI is InChI=1S/C21H22FN5O2/c22-21-17-3-1-2-13(24-17)11-19(21)29-20-7-6-16(26-27-20)14-5-4-12(10-18(14)28)15-8-9-23-25-15/h4-10,13,17,19,21,24,28H,1-3,11H2,(H,23,25)/t13?,17?,19-,21+/m1/s1. The van der Waals surface area contributed by atoms with Gasteiger partial charge in [-0.3, -0.25) is 5.10 Å². The Hall–Kier alpha value is -3.00. The fourth-order valence-electron chi connectivity index (χ4n) is 4.28. The molecule has 2 aliphatic heterocycles. The highest BCUT2D eigenvalue weighted by atomic mass is 19.1. The number of rotatable bonds is 4. The maximum atomic E-state index is 14.7. The molecule has 150 valence electrons. The minimum absolute atomic E-state index is 0.0865. The van der Waals surface area contributed by atoms with Crippen LogP contribution in [0.2, 0.25) is 0 Å². The summed E-state index contributed by atoms with van der Waals surface area (Å²) in [5, 5.41) is 28.9. The SMILES string of the molecule is Oc1cc(-c2cc[nH]n2)ccc1-c1ccc(O[C@@H]2CC3CCCC(N3)[C@@H]2F)nn1. The third-order valence-corrected chi connectivity index (χ3v) is 5.76. The van der Waals surface area contributed by atoms with E-state index in [4.69, 9.17) is 4.74 Å². The number of nitrogens with zero attached hydrogens (tertiary/aromatic N) is 3. The number of ether oxygens (including phenoxy) is 1. The number of phenols is 1. The Labute approximate surface area is 167 Å². The summed E-state index contributed by atoms with van der Waals surface area (Å²) in [4.78, 5) is 0. The molecule has 4 heterocycles. The third kappa shape index (κ3) is 3.55. The minimum Gasteiger partial charge on any atom is -0.507 e. The second-order valence-corrected chi connectivity index (χ2v) is 7.69. The van der Waals surface area contributed by atoms with Crippen molar-refractivity contribution in [3.05, 3.63) is 42.6 Å². The van der Waals surface area contributed by atoms with Gasteiger partial charge in [0, 0.05) is 41.9 Å². The predicted octanol–water partition coefficient (Wildman–Crippen LogP) is 3.24. The van der Waals surface area contributed by atoms with Crippen LogP contribution >= 0.6 is 0 Å². The quantitative estimate of drug-likeness (QED) is 0.628. The lowest BCUT2D eigenvalue weighted by Gasteiger charge is -2.42. The smallest absolute Gasteiger partial charge is 0.233 e. The van der Waals surface area contributed by atoms with E-state index in [0.717, 1.165) is 30.5 Å². The van der Waals surface area contributed by atoms with Gasteiger partial charge in [-0.15, -0.1) is 10.2 Å². The first-order chi connectivity index (χ1) is 14.2. The van der Waals surface area contributed by atoms with Crippen molar-refractivity contribution < 1.29 is 14.2 Å². The van der Waals surface area contributed by atoms with E-state index in [1.807, 2.05) is 12.1 Å². The van der Waals surface area contributed by atoms with Crippen LogP contribution in [0.5, 0.6) is 11.6 Å². The zero-order valence-corrected chi connectivity index (χ0v) is 15.8. The highest BCUT2D eigenvalue weighted by molar-refractivity contribution is 5.72. The molecule has 0 amide bonds. The Kier molecular flexibility index (Phi) is 4.63. The van der Waals surface area contributed by atoms with Gasteiger partial charge in [0.05, 0.1) is 11.4 Å². The number of piperidine rings is 2. The molecule has 0 saturated carbocycles. The van der Waals surface area contributed by atoms with Crippen molar-refractivity contribution in [3.63, 3.8) is 0 Å². The average Bonchev–Trinajstić information content (AvgIpc) is 3.28. The van der Waals surface area contributed by atoms with Crippen molar-refractivity contribution in [2.24, 2.45) is 0 Å². The molecule has 8 heteroatoms. The number of phenolic OH excluding ortho intramolecular Hbond substituents is 1. The van der Waals surface area contributed by atoms with Crippen molar-refractivity contribution >= 4 is 0 Å². The van der Waals surface area contributed by atoms with Crippen LogP contribution in [-0.4, -0.2) is 49.9 Å². The van der Waals surface area contributed by atoms with Gasteiger partial charge in [-0.25, -0.2) is 4.39 Å². The van der Waals surface area contributed by atoms with E-state index in [1.165, 1.54) is 0 Å². The number of aromatic amines is 1. The molecule has 2 bridgehead atoms. The Balaban J connectivity index is 1.31. The maximum Gasteiger partial charge on any atom is 0.233 e. The van der Waals surface area contributed by atoms with Crippen molar-refractivity contribution in [2.45, 2.75) is 50.0 Å². The molecule has 29 heavy (non-hydrogen) atoms. The number of benzene rings is 1. The summed E-state index contributed by atoms with van der Waals surface area (Å²) in [6, 6.07) is 10.7. The van der Waals surface area contributed by atoms with Crippen LogP contribution in [0.3, 0.4) is 0 Å². The van der Waals surface area contributed by atoms with Crippen molar-refractivity contribution in [1.29, 1.82) is 0 Å². The highest BCUT2D eigenvalue weighted by Crippen LogP contribution is 2.33. The molecule has 2 aromatic heterocycles. The third-order valence-electron chi connectivity index (χ3n) is 5.76. The van der Waals surface area contributed by atoms with Gasteiger partial charge in [-0.05, 0) is 37.1 Å². The lowest BCUT2D eigenvalue weighted by molar-refractivity contribution is 0.00652. The number of hydrogen-bond acceptors (Lipinski definition) is 6. The van der Waals surface area contributed by atoms with Gasteiger partial charge in [0.15, 0.2) is 6.17 Å². The first-order valence-corrected chi connectivity index (χ1v) is 9.91. The molecular formula is C21H22FN5O2. The number of alkyl halides is 1. The van der Waals surface area contributed by atoms with Gasteiger partial charge in [0.2, 0.25) is 5.88 Å². The van der Waals surface area contributed by atoms with E-state index in [9.17, 15) is 9.50 Å². The van der Waals surface area contributed by atoms with Gasteiger partial charge >= 0.3 is 0 Å². The number of nitrogens with one attached hydrogen (secondary N) is 2. The van der Waals surface area contributed by atoms with Crippen LogP contribution in [-0.2, 0) is 0 Å². The van der Waals surface area contributed by atoms with E-state index >= 15 is 0 Å². The monoisotopic (exact) mass is 395 g/mol. The topological polar surface area (TPSA) is 96.0 Å². The van der Waals surface area contributed by atoms with E-state index in [1.54, 1.807) is 30.5 Å². The highest BCUT2D eigenvalue weighted by Gasteiger charge is 2.41. The molecule has 2 aliphatic rings. The number of aromatic nitrogens is 4. The summed E-state index contributed by atoms with van der Waals surface area (Å²) in [5.74, 6) is 0.387. The summed E-state index contributed by atoms with van der Waals surface area (Å²) < 4.78 is 20.5. The van der Waals surface area contributed by atoms with E-state index in [2.05, 4.69) is 25.7 Å². The normalized spacial score (nSPS) is 26.2. The second kappa shape index (κ2) is 7.44. The molecule has 4 atom stereocenters. The molecule has 3 N–H and O–H groups in total. The summed E-state index contributed by atoms with van der Waals surface area (Å²) >= 11 is 0. The molecule has 2 saturated heterocycles. The predicted molar refractivity (Wildman–Crippen MR) is 105 cm³/mol. The van der Waals surface area contributed by atoms with Crippen LogP contribution < -0.4 is 10.1 Å². The number of H-pyrrole nitrogens is 1. The van der Waals surface area contributed by atoms with Crippen molar-refractivity contribution in [2.75, 3.05) is 0 Å². The van der Waals surface area contributed by atoms with E-state index in [0.29, 0.717) is 29.6 Å². The second-order valence-electron chi connectivity index (χ2n) is 7.69. The maximum absolute atomic E-state index is 14.7. The first-order valence-electron chi connectivity index (χ1n) is 9.91. The Bertz CT molecular complexity index is 979. The minimum atomic E-state index is -1.05. The summed E-state index contributed by atoms with van der Waals surface area (Å²) in [6.45, 7) is 0. The van der Waals surface area contributed by atoms with Gasteiger partial charge < -0.3 is 15.2 Å². The van der Waals surface area contributed by atoms with Gasteiger partial charge in [0.1, 0.15) is 11.9 Å². The molecule has 0 radical (unpaired) electrons. The average molecular weight is 395 g/mol. The molecule has 3 aromatic rings. The zero-order chi connectivity index (χ0) is 19.8. The van der Waals surface area contributed by atoms with Crippen molar-refractivity contribution in [1.82, 2.24) is 25.7 Å². The fourth-order valence-corrected chi connectivity index (χ4v) is 4.28. The Morgan fingerprint density at radius 1 is 1.07 bits per heavy atom. The van der Waals surface area contributed by atoms with Crippen LogP contribution in [0.1, 0.15) is 25.7 Å². The molecule has 2 unspecified atom stereocenters. The zero-order valence-electron chi connectivity index (χ0n) is 15.8. The lowest BCUT2D eigenvalue weighted by Crippen LogP contribution is -2.59. The molecule has 1 aromatic carbocycles. The fraction of sp³-hybridized carbons (Fsp3) is 0.381. The number of hydrogen-bond donors (Lipinski definition) is 3. The Morgan fingerprint density at radius 2 is 2.00 bits per heavy atom. The number of halogens is 1. The number of aromatic hydroxyl groups is 1. The molecule has 5 rings (SSSR count). The molecule has 2 fully saturated rings. The van der Waals surface area contributed by atoms with Crippen LogP contribution in [0, 0.1) is 0 Å². The van der Waals surface area contributed by atoms with E-state index in [-0.39, 0.29) is 11.8 Å². The molecule has 7 nitrogen and oxygen atoms in total. The molecular weight excluding hydrogens is 373 g/mol. The number of fused-ring (bicyclic) bond motifs is 2. The van der Waals surface area contributed by atoms with Gasteiger partial charge in [0.25, 0.3) is 0 Å². The first kappa shape index (κ1) is 18.1. The van der Waals surface area contributed by atoms with Crippen molar-refractivity contribution in [3.8, 4) is 34.1 Å². The van der Waals surface area contributed by atoms with Gasteiger partial charge in [-0.2, -0.15) is 5.10 Å². The summed E-state index contributed by atoms with van der Waals surface area (Å²) in [5.41, 5.74) is 2.62. The van der Waals surface area contributed by atoms with Crippen LogP contribution in [0.4, 0.5) is 4.39 Å². The van der Waals surface area contributed by atoms with Crippen LogP contribution in [0.15, 0.2) is 42.6 Å². The molecule has 0 spiro atoms. The lowest BCUT2D eigenvalue weighted by atomic mass is 9.84. The summed E-state index contributed by atoms with van der Waals surface area (Å²) in [7, 11) is 0.